The van der Waals surface area contributed by atoms with Gasteiger partial charge in [0.1, 0.15) is 4.88 Å². The smallest absolute Gasteiger partial charge is 0.345 e. The Morgan fingerprint density at radius 2 is 1.71 bits per heavy atom. The molecule has 0 aliphatic carbocycles. The van der Waals surface area contributed by atoms with Gasteiger partial charge in [-0.25, -0.2) is 4.79 Å². The lowest BCUT2D eigenvalue weighted by atomic mass is 10.2. The van der Waals surface area contributed by atoms with E-state index in [1.807, 2.05) is 30.3 Å². The summed E-state index contributed by atoms with van der Waals surface area (Å²) in [5, 5.41) is 10.8. The van der Waals surface area contributed by atoms with Crippen molar-refractivity contribution in [3.05, 3.63) is 46.3 Å². The molecule has 0 spiro atoms. The lowest BCUT2D eigenvalue weighted by Crippen LogP contribution is -2.46. The Bertz CT molecular complexity index is 651. The van der Waals surface area contributed by atoms with Gasteiger partial charge in [-0.2, -0.15) is 0 Å². The molecule has 0 saturated carbocycles. The number of thiophene rings is 1. The Labute approximate surface area is 132 Å². The van der Waals surface area contributed by atoms with Crippen molar-refractivity contribution >= 4 is 39.6 Å². The fourth-order valence-corrected chi connectivity index (χ4v) is 3.64. The van der Waals surface area contributed by atoms with Gasteiger partial charge in [0.2, 0.25) is 0 Å². The standard InChI is InChI=1S/C15H15ClN2O2S/c16-11-3-1-2-4-12(11)17-7-9-18(10-8-17)14-6-5-13(21-14)15(19)20/h1-6H,7-10H2,(H,19,20). The SMILES string of the molecule is O=C(O)c1ccc(N2CCN(c3ccccc3Cl)CC2)s1. The van der Waals surface area contributed by atoms with Crippen molar-refractivity contribution < 1.29 is 9.90 Å². The van der Waals surface area contributed by atoms with Gasteiger partial charge in [0.05, 0.1) is 15.7 Å². The zero-order valence-corrected chi connectivity index (χ0v) is 12.9. The first-order valence-corrected chi connectivity index (χ1v) is 7.92. The number of carbonyl (C=O) groups is 1. The van der Waals surface area contributed by atoms with Crippen LogP contribution >= 0.6 is 22.9 Å². The van der Waals surface area contributed by atoms with Gasteiger partial charge >= 0.3 is 5.97 Å². The van der Waals surface area contributed by atoms with E-state index < -0.39 is 5.97 Å². The minimum atomic E-state index is -0.860. The van der Waals surface area contributed by atoms with Crippen molar-refractivity contribution in [1.82, 2.24) is 0 Å². The van der Waals surface area contributed by atoms with E-state index in [0.717, 1.165) is 41.9 Å². The molecule has 3 rings (SSSR count). The van der Waals surface area contributed by atoms with Gasteiger partial charge in [-0.3, -0.25) is 0 Å². The fraction of sp³-hybridized carbons (Fsp3) is 0.267. The summed E-state index contributed by atoms with van der Waals surface area (Å²) < 4.78 is 0. The van der Waals surface area contributed by atoms with E-state index in [-0.39, 0.29) is 0 Å². The summed E-state index contributed by atoms with van der Waals surface area (Å²) in [6, 6.07) is 11.4. The number of rotatable bonds is 3. The molecule has 0 amide bonds. The highest BCUT2D eigenvalue weighted by Crippen LogP contribution is 2.30. The molecule has 6 heteroatoms. The number of hydrogen-bond acceptors (Lipinski definition) is 4. The molecular formula is C15H15ClN2O2S. The van der Waals surface area contributed by atoms with E-state index >= 15 is 0 Å². The molecule has 21 heavy (non-hydrogen) atoms. The van der Waals surface area contributed by atoms with E-state index in [0.29, 0.717) is 4.88 Å². The number of halogens is 1. The largest absolute Gasteiger partial charge is 0.477 e. The lowest BCUT2D eigenvalue weighted by molar-refractivity contribution is 0.0702. The molecule has 0 atom stereocenters. The molecule has 1 aliphatic rings. The van der Waals surface area contributed by atoms with Crippen LogP contribution < -0.4 is 9.80 Å². The van der Waals surface area contributed by atoms with Crippen molar-refractivity contribution in [2.75, 3.05) is 36.0 Å². The number of carboxylic acids is 1. The van der Waals surface area contributed by atoms with E-state index in [1.54, 1.807) is 6.07 Å². The normalized spacial score (nSPS) is 15.3. The quantitative estimate of drug-likeness (QED) is 0.940. The fourth-order valence-electron chi connectivity index (χ4n) is 2.49. The van der Waals surface area contributed by atoms with Crippen LogP contribution in [-0.2, 0) is 0 Å². The van der Waals surface area contributed by atoms with E-state index in [9.17, 15) is 4.79 Å². The van der Waals surface area contributed by atoms with Crippen LogP contribution in [-0.4, -0.2) is 37.3 Å². The maximum atomic E-state index is 10.9. The average Bonchev–Trinajstić information content (AvgIpc) is 2.98. The molecule has 1 aromatic carbocycles. The number of hydrogen-bond donors (Lipinski definition) is 1. The molecule has 2 heterocycles. The highest BCUT2D eigenvalue weighted by Gasteiger charge is 2.20. The third-order valence-corrected chi connectivity index (χ3v) is 5.04. The molecule has 0 unspecified atom stereocenters. The molecule has 1 fully saturated rings. The maximum absolute atomic E-state index is 10.9. The predicted octanol–water partition coefficient (Wildman–Crippen LogP) is 3.43. The van der Waals surface area contributed by atoms with Gasteiger partial charge in [-0.1, -0.05) is 23.7 Å². The summed E-state index contributed by atoms with van der Waals surface area (Å²) in [4.78, 5) is 15.8. The highest BCUT2D eigenvalue weighted by molar-refractivity contribution is 7.17. The third kappa shape index (κ3) is 2.99. The summed E-state index contributed by atoms with van der Waals surface area (Å²) in [6.07, 6.45) is 0. The molecule has 1 N–H and O–H groups in total. The summed E-state index contributed by atoms with van der Waals surface area (Å²) >= 11 is 7.56. The van der Waals surface area contributed by atoms with Crippen LogP contribution in [0.1, 0.15) is 9.67 Å². The van der Waals surface area contributed by atoms with Crippen LogP contribution in [0.4, 0.5) is 10.7 Å². The topological polar surface area (TPSA) is 43.8 Å². The highest BCUT2D eigenvalue weighted by atomic mass is 35.5. The predicted molar refractivity (Wildman–Crippen MR) is 87.2 cm³/mol. The zero-order valence-electron chi connectivity index (χ0n) is 11.3. The van der Waals surface area contributed by atoms with Crippen molar-refractivity contribution in [3.8, 4) is 0 Å². The molecule has 110 valence electrons. The molecular weight excluding hydrogens is 308 g/mol. The van der Waals surface area contributed by atoms with Crippen LogP contribution in [0.25, 0.3) is 0 Å². The summed E-state index contributed by atoms with van der Waals surface area (Å²) in [5.41, 5.74) is 1.07. The monoisotopic (exact) mass is 322 g/mol. The second-order valence-corrected chi connectivity index (χ2v) is 6.34. The number of para-hydroxylation sites is 1. The average molecular weight is 323 g/mol. The number of benzene rings is 1. The maximum Gasteiger partial charge on any atom is 0.345 e. The number of piperazine rings is 1. The number of anilines is 2. The van der Waals surface area contributed by atoms with Crippen molar-refractivity contribution in [1.29, 1.82) is 0 Å². The van der Waals surface area contributed by atoms with Gasteiger partial charge in [0, 0.05) is 26.2 Å². The Morgan fingerprint density at radius 3 is 2.33 bits per heavy atom. The molecule has 2 aromatic rings. The molecule has 4 nitrogen and oxygen atoms in total. The Balaban J connectivity index is 1.67. The second kappa shape index (κ2) is 5.95. The number of carboxylic acid groups (broad SMARTS) is 1. The van der Waals surface area contributed by atoms with Crippen molar-refractivity contribution in [2.45, 2.75) is 0 Å². The number of aromatic carboxylic acids is 1. The zero-order chi connectivity index (χ0) is 14.8. The first-order chi connectivity index (χ1) is 10.1. The van der Waals surface area contributed by atoms with Crippen LogP contribution in [0.5, 0.6) is 0 Å². The molecule has 0 bridgehead atoms. The summed E-state index contributed by atoms with van der Waals surface area (Å²) in [7, 11) is 0. The van der Waals surface area contributed by atoms with Crippen LogP contribution in [0.2, 0.25) is 5.02 Å². The van der Waals surface area contributed by atoms with E-state index in [4.69, 9.17) is 16.7 Å². The van der Waals surface area contributed by atoms with Crippen molar-refractivity contribution in [3.63, 3.8) is 0 Å². The summed E-state index contributed by atoms with van der Waals surface area (Å²) in [6.45, 7) is 3.49. The van der Waals surface area contributed by atoms with Gasteiger partial charge in [-0.15, -0.1) is 11.3 Å². The van der Waals surface area contributed by atoms with Crippen LogP contribution in [0.15, 0.2) is 36.4 Å². The second-order valence-electron chi connectivity index (χ2n) is 4.87. The summed E-state index contributed by atoms with van der Waals surface area (Å²) in [5.74, 6) is -0.860. The Kier molecular flexibility index (Phi) is 4.03. The Morgan fingerprint density at radius 1 is 1.05 bits per heavy atom. The van der Waals surface area contributed by atoms with Gasteiger partial charge in [-0.05, 0) is 24.3 Å². The molecule has 1 saturated heterocycles. The molecule has 0 radical (unpaired) electrons. The van der Waals surface area contributed by atoms with Gasteiger partial charge in [0.15, 0.2) is 0 Å². The third-order valence-electron chi connectivity index (χ3n) is 3.59. The Hall–Kier alpha value is -1.72. The number of nitrogens with zero attached hydrogens (tertiary/aromatic N) is 2. The van der Waals surface area contributed by atoms with E-state index in [1.165, 1.54) is 11.3 Å². The minimum Gasteiger partial charge on any atom is -0.477 e. The lowest BCUT2D eigenvalue weighted by Gasteiger charge is -2.37. The van der Waals surface area contributed by atoms with E-state index in [2.05, 4.69) is 9.80 Å². The minimum absolute atomic E-state index is 0.388. The molecule has 1 aromatic heterocycles. The van der Waals surface area contributed by atoms with Crippen LogP contribution in [0, 0.1) is 0 Å². The van der Waals surface area contributed by atoms with Crippen molar-refractivity contribution in [2.24, 2.45) is 0 Å². The first kappa shape index (κ1) is 14.2. The van der Waals surface area contributed by atoms with Crippen LogP contribution in [0.3, 0.4) is 0 Å². The molecule has 1 aliphatic heterocycles. The van der Waals surface area contributed by atoms with Gasteiger partial charge in [0.25, 0.3) is 0 Å². The van der Waals surface area contributed by atoms with Gasteiger partial charge < -0.3 is 14.9 Å². The first-order valence-electron chi connectivity index (χ1n) is 6.73.